The summed E-state index contributed by atoms with van der Waals surface area (Å²) in [6, 6.07) is 0. The number of hydrogen-bond donors (Lipinski definition) is 3. The number of carbonyl (C=O) groups is 1. The van der Waals surface area contributed by atoms with Crippen LogP contribution in [0.5, 0.6) is 0 Å². The predicted molar refractivity (Wildman–Crippen MR) is 61.0 cm³/mol. The van der Waals surface area contributed by atoms with Gasteiger partial charge in [-0.25, -0.2) is 9.89 Å². The van der Waals surface area contributed by atoms with E-state index in [4.69, 9.17) is 4.52 Å². The van der Waals surface area contributed by atoms with Crippen molar-refractivity contribution in [2.75, 3.05) is 0 Å². The molecule has 0 saturated carbocycles. The first kappa shape index (κ1) is 12.1. The van der Waals surface area contributed by atoms with E-state index in [0.717, 1.165) is 0 Å². The first-order chi connectivity index (χ1) is 8.61. The van der Waals surface area contributed by atoms with Crippen LogP contribution in [-0.2, 0) is 13.0 Å². The van der Waals surface area contributed by atoms with Crippen LogP contribution in [-0.4, -0.2) is 26.2 Å². The highest BCUT2D eigenvalue weighted by molar-refractivity contribution is 5.96. The number of nitrogens with zero attached hydrogens (tertiary/aromatic N) is 2. The minimum Gasteiger partial charge on any atom is -0.361 e. The number of aromatic nitrogens is 4. The molecule has 0 aliphatic rings. The first-order valence-electron chi connectivity index (χ1n) is 5.48. The molecule has 2 aromatic heterocycles. The van der Waals surface area contributed by atoms with E-state index in [2.05, 4.69) is 25.7 Å². The van der Waals surface area contributed by atoms with Gasteiger partial charge < -0.3 is 9.84 Å². The van der Waals surface area contributed by atoms with E-state index in [9.17, 15) is 9.59 Å². The molecule has 96 valence electrons. The Hall–Kier alpha value is -2.38. The van der Waals surface area contributed by atoms with Gasteiger partial charge in [-0.05, 0) is 13.3 Å². The zero-order valence-corrected chi connectivity index (χ0v) is 10.0. The van der Waals surface area contributed by atoms with Crippen molar-refractivity contribution in [1.29, 1.82) is 0 Å². The van der Waals surface area contributed by atoms with Crippen LogP contribution in [0.4, 0.5) is 0 Å². The van der Waals surface area contributed by atoms with Gasteiger partial charge in [-0.3, -0.25) is 9.78 Å². The standard InChI is InChI=1S/C10H13N5O3/c1-3-6-8(5(2)18-15-6)9(16)11-4-7-12-10(17)14-13-7/h3-4H2,1-2H3,(H,11,16)(H2,12,13,14,17). The lowest BCUT2D eigenvalue weighted by atomic mass is 10.1. The molecule has 0 saturated heterocycles. The largest absolute Gasteiger partial charge is 0.361 e. The van der Waals surface area contributed by atoms with Gasteiger partial charge in [0.2, 0.25) is 0 Å². The van der Waals surface area contributed by atoms with Crippen molar-refractivity contribution in [3.63, 3.8) is 0 Å². The lowest BCUT2D eigenvalue weighted by Gasteiger charge is -2.02. The van der Waals surface area contributed by atoms with Crippen LogP contribution in [0.15, 0.2) is 9.32 Å². The zero-order valence-electron chi connectivity index (χ0n) is 10.0. The molecule has 0 fully saturated rings. The Kier molecular flexibility index (Phi) is 3.26. The molecule has 0 unspecified atom stereocenters. The van der Waals surface area contributed by atoms with E-state index in [1.165, 1.54) is 0 Å². The number of nitrogens with one attached hydrogen (secondary N) is 3. The highest BCUT2D eigenvalue weighted by Gasteiger charge is 2.18. The van der Waals surface area contributed by atoms with Gasteiger partial charge in [0, 0.05) is 0 Å². The summed E-state index contributed by atoms with van der Waals surface area (Å²) in [5.41, 5.74) is 0.644. The molecule has 8 nitrogen and oxygen atoms in total. The Morgan fingerprint density at radius 1 is 1.50 bits per heavy atom. The number of aromatic amines is 2. The summed E-state index contributed by atoms with van der Waals surface area (Å²) >= 11 is 0. The molecule has 0 atom stereocenters. The average Bonchev–Trinajstić information content (AvgIpc) is 2.92. The monoisotopic (exact) mass is 251 g/mol. The van der Waals surface area contributed by atoms with Crippen molar-refractivity contribution >= 4 is 5.91 Å². The van der Waals surface area contributed by atoms with E-state index >= 15 is 0 Å². The van der Waals surface area contributed by atoms with Crippen LogP contribution in [0.1, 0.15) is 34.6 Å². The summed E-state index contributed by atoms with van der Waals surface area (Å²) in [7, 11) is 0. The van der Waals surface area contributed by atoms with Crippen molar-refractivity contribution in [2.45, 2.75) is 26.8 Å². The molecule has 0 aliphatic heterocycles. The van der Waals surface area contributed by atoms with Crippen molar-refractivity contribution in [1.82, 2.24) is 25.7 Å². The third-order valence-electron chi connectivity index (χ3n) is 2.46. The average molecular weight is 251 g/mol. The van der Waals surface area contributed by atoms with Crippen molar-refractivity contribution in [3.8, 4) is 0 Å². The second kappa shape index (κ2) is 4.86. The summed E-state index contributed by atoms with van der Waals surface area (Å²) in [5, 5.41) is 12.3. The third kappa shape index (κ3) is 2.31. The van der Waals surface area contributed by atoms with Gasteiger partial charge in [-0.2, -0.15) is 5.10 Å². The summed E-state index contributed by atoms with van der Waals surface area (Å²) < 4.78 is 4.97. The minimum atomic E-state index is -0.408. The number of H-pyrrole nitrogens is 2. The Balaban J connectivity index is 2.08. The van der Waals surface area contributed by atoms with Crippen molar-refractivity contribution < 1.29 is 9.32 Å². The van der Waals surface area contributed by atoms with E-state index in [-0.39, 0.29) is 12.5 Å². The van der Waals surface area contributed by atoms with Crippen LogP contribution in [0.2, 0.25) is 0 Å². The molecule has 8 heteroatoms. The molecule has 2 heterocycles. The maximum atomic E-state index is 11.9. The topological polar surface area (TPSA) is 117 Å². The predicted octanol–water partition coefficient (Wildman–Crippen LogP) is -0.113. The number of aryl methyl sites for hydroxylation is 2. The van der Waals surface area contributed by atoms with E-state index in [1.807, 2.05) is 6.92 Å². The molecule has 1 amide bonds. The summed E-state index contributed by atoms with van der Waals surface area (Å²) in [5.74, 6) is 0.537. The Labute approximate surface area is 102 Å². The normalized spacial score (nSPS) is 10.6. The van der Waals surface area contributed by atoms with Gasteiger partial charge in [0.05, 0.1) is 12.2 Å². The Morgan fingerprint density at radius 3 is 2.89 bits per heavy atom. The SMILES string of the molecule is CCc1noc(C)c1C(=O)NCc1n[nH]c(=O)[nH]1. The Bertz CT molecular complexity index is 609. The molecule has 0 radical (unpaired) electrons. The van der Waals surface area contributed by atoms with E-state index < -0.39 is 5.69 Å². The van der Waals surface area contributed by atoms with Gasteiger partial charge in [0.25, 0.3) is 5.91 Å². The van der Waals surface area contributed by atoms with Crippen LogP contribution in [0.3, 0.4) is 0 Å². The number of hydrogen-bond acceptors (Lipinski definition) is 5. The molecule has 0 aliphatic carbocycles. The summed E-state index contributed by atoms with van der Waals surface area (Å²) in [6.45, 7) is 3.70. The van der Waals surface area contributed by atoms with Gasteiger partial charge in [0.1, 0.15) is 17.1 Å². The lowest BCUT2D eigenvalue weighted by Crippen LogP contribution is -2.25. The molecular weight excluding hydrogens is 238 g/mol. The molecule has 2 rings (SSSR count). The molecule has 3 N–H and O–H groups in total. The van der Waals surface area contributed by atoms with Crippen LogP contribution < -0.4 is 11.0 Å². The molecular formula is C10H13N5O3. The van der Waals surface area contributed by atoms with Gasteiger partial charge in [-0.1, -0.05) is 12.1 Å². The van der Waals surface area contributed by atoms with Crippen LogP contribution in [0.25, 0.3) is 0 Å². The van der Waals surface area contributed by atoms with Gasteiger partial charge >= 0.3 is 5.69 Å². The smallest absolute Gasteiger partial charge is 0.340 e. The van der Waals surface area contributed by atoms with Crippen LogP contribution in [0, 0.1) is 6.92 Å². The zero-order chi connectivity index (χ0) is 13.1. The van der Waals surface area contributed by atoms with Crippen molar-refractivity contribution in [2.24, 2.45) is 0 Å². The fourth-order valence-corrected chi connectivity index (χ4v) is 1.59. The number of carbonyl (C=O) groups excluding carboxylic acids is 1. The molecule has 18 heavy (non-hydrogen) atoms. The maximum absolute atomic E-state index is 11.9. The molecule has 2 aromatic rings. The fourth-order valence-electron chi connectivity index (χ4n) is 1.59. The van der Waals surface area contributed by atoms with Gasteiger partial charge in [0.15, 0.2) is 0 Å². The number of rotatable bonds is 4. The second-order valence-corrected chi connectivity index (χ2v) is 3.72. The maximum Gasteiger partial charge on any atom is 0.340 e. The van der Waals surface area contributed by atoms with E-state index in [0.29, 0.717) is 29.3 Å². The minimum absolute atomic E-state index is 0.130. The van der Waals surface area contributed by atoms with Gasteiger partial charge in [-0.15, -0.1) is 0 Å². The second-order valence-electron chi connectivity index (χ2n) is 3.72. The lowest BCUT2D eigenvalue weighted by molar-refractivity contribution is 0.0947. The fraction of sp³-hybridized carbons (Fsp3) is 0.400. The molecule has 0 bridgehead atoms. The summed E-state index contributed by atoms with van der Waals surface area (Å²) in [6.07, 6.45) is 0.610. The third-order valence-corrected chi connectivity index (χ3v) is 2.46. The Morgan fingerprint density at radius 2 is 2.28 bits per heavy atom. The highest BCUT2D eigenvalue weighted by atomic mass is 16.5. The molecule has 0 spiro atoms. The van der Waals surface area contributed by atoms with Crippen LogP contribution >= 0.6 is 0 Å². The first-order valence-corrected chi connectivity index (χ1v) is 5.48. The quantitative estimate of drug-likeness (QED) is 0.700. The van der Waals surface area contributed by atoms with Crippen molar-refractivity contribution in [3.05, 3.63) is 33.3 Å². The molecule has 0 aromatic carbocycles. The highest BCUT2D eigenvalue weighted by Crippen LogP contribution is 2.13. The number of amides is 1. The summed E-state index contributed by atoms with van der Waals surface area (Å²) in [4.78, 5) is 25.2. The van der Waals surface area contributed by atoms with E-state index in [1.54, 1.807) is 6.92 Å².